The van der Waals surface area contributed by atoms with Crippen LogP contribution in [0.1, 0.15) is 36.2 Å². The Labute approximate surface area is 96.1 Å². The first-order valence-corrected chi connectivity index (χ1v) is 6.60. The molecule has 2 N–H and O–H groups in total. The van der Waals surface area contributed by atoms with Gasteiger partial charge in [0, 0.05) is 23.5 Å². The van der Waals surface area contributed by atoms with Crippen LogP contribution < -0.4 is 5.73 Å². The lowest BCUT2D eigenvalue weighted by Gasteiger charge is -2.35. The zero-order valence-electron chi connectivity index (χ0n) is 9.57. The van der Waals surface area contributed by atoms with Gasteiger partial charge in [-0.3, -0.25) is 4.90 Å². The van der Waals surface area contributed by atoms with Gasteiger partial charge in [0.2, 0.25) is 0 Å². The van der Waals surface area contributed by atoms with Gasteiger partial charge in [-0.05, 0) is 50.2 Å². The van der Waals surface area contributed by atoms with E-state index in [1.54, 1.807) is 0 Å². The number of piperidine rings is 1. The van der Waals surface area contributed by atoms with Gasteiger partial charge in [-0.2, -0.15) is 0 Å². The van der Waals surface area contributed by atoms with Gasteiger partial charge < -0.3 is 5.73 Å². The van der Waals surface area contributed by atoms with E-state index in [1.165, 1.54) is 29.8 Å². The second-order valence-electron chi connectivity index (χ2n) is 4.54. The molecule has 3 heteroatoms. The molecule has 2 nitrogen and oxygen atoms in total. The number of likely N-dealkylation sites (tertiary alicyclic amines) is 1. The summed E-state index contributed by atoms with van der Waals surface area (Å²) in [4.78, 5) is 4.02. The average molecular weight is 224 g/mol. The second kappa shape index (κ2) is 4.64. The maximum atomic E-state index is 6.02. The van der Waals surface area contributed by atoms with Crippen LogP contribution in [0.25, 0.3) is 0 Å². The first-order chi connectivity index (χ1) is 7.18. The predicted molar refractivity (Wildman–Crippen MR) is 66.3 cm³/mol. The molecule has 1 aromatic heterocycles. The third-order valence-electron chi connectivity index (χ3n) is 3.32. The molecular weight excluding hydrogens is 204 g/mol. The number of aryl methyl sites for hydroxylation is 1. The van der Waals surface area contributed by atoms with Crippen molar-refractivity contribution in [3.05, 3.63) is 21.9 Å². The standard InChI is InChI=1S/C12H20N2S/c1-9-5-7-15-12(9)10(2)14-6-3-4-11(13)8-14/h5,7,10-11H,3-4,6,8,13H2,1-2H3. The van der Waals surface area contributed by atoms with E-state index < -0.39 is 0 Å². The van der Waals surface area contributed by atoms with Crippen LogP contribution in [0, 0.1) is 6.92 Å². The van der Waals surface area contributed by atoms with Crippen molar-refractivity contribution in [1.29, 1.82) is 0 Å². The Bertz CT molecular complexity index is 321. The highest BCUT2D eigenvalue weighted by molar-refractivity contribution is 7.10. The zero-order valence-corrected chi connectivity index (χ0v) is 10.4. The Morgan fingerprint density at radius 3 is 3.00 bits per heavy atom. The van der Waals surface area contributed by atoms with Crippen molar-refractivity contribution in [2.45, 2.75) is 38.8 Å². The van der Waals surface area contributed by atoms with Crippen molar-refractivity contribution >= 4 is 11.3 Å². The number of hydrogen-bond acceptors (Lipinski definition) is 3. The van der Waals surface area contributed by atoms with Gasteiger partial charge in [0.15, 0.2) is 0 Å². The maximum Gasteiger partial charge on any atom is 0.0416 e. The highest BCUT2D eigenvalue weighted by Crippen LogP contribution is 2.29. The van der Waals surface area contributed by atoms with Crippen LogP contribution in [0.4, 0.5) is 0 Å². The van der Waals surface area contributed by atoms with Crippen molar-refractivity contribution in [2.75, 3.05) is 13.1 Å². The van der Waals surface area contributed by atoms with E-state index in [-0.39, 0.29) is 0 Å². The highest BCUT2D eigenvalue weighted by Gasteiger charge is 2.23. The summed E-state index contributed by atoms with van der Waals surface area (Å²) in [5.74, 6) is 0. The van der Waals surface area contributed by atoms with Gasteiger partial charge in [0.25, 0.3) is 0 Å². The quantitative estimate of drug-likeness (QED) is 0.836. The van der Waals surface area contributed by atoms with Crippen molar-refractivity contribution in [2.24, 2.45) is 5.73 Å². The smallest absolute Gasteiger partial charge is 0.0416 e. The molecule has 2 atom stereocenters. The van der Waals surface area contributed by atoms with E-state index in [0.29, 0.717) is 12.1 Å². The second-order valence-corrected chi connectivity index (χ2v) is 5.49. The molecule has 2 unspecified atom stereocenters. The van der Waals surface area contributed by atoms with Crippen LogP contribution >= 0.6 is 11.3 Å². The first kappa shape index (κ1) is 11.1. The summed E-state index contributed by atoms with van der Waals surface area (Å²) in [5, 5.41) is 2.19. The molecule has 1 aliphatic heterocycles. The van der Waals surface area contributed by atoms with E-state index in [0.717, 1.165) is 6.54 Å². The summed E-state index contributed by atoms with van der Waals surface area (Å²) in [5.41, 5.74) is 7.44. The van der Waals surface area contributed by atoms with Crippen LogP contribution in [-0.4, -0.2) is 24.0 Å². The summed E-state index contributed by atoms with van der Waals surface area (Å²) in [7, 11) is 0. The largest absolute Gasteiger partial charge is 0.327 e. The zero-order chi connectivity index (χ0) is 10.8. The molecule has 0 aromatic carbocycles. The van der Waals surface area contributed by atoms with E-state index in [2.05, 4.69) is 30.2 Å². The van der Waals surface area contributed by atoms with E-state index in [1.807, 2.05) is 11.3 Å². The number of nitrogens with two attached hydrogens (primary N) is 1. The van der Waals surface area contributed by atoms with E-state index >= 15 is 0 Å². The minimum absolute atomic E-state index is 0.376. The molecular formula is C12H20N2S. The van der Waals surface area contributed by atoms with Crippen molar-refractivity contribution in [1.82, 2.24) is 4.90 Å². The van der Waals surface area contributed by atoms with Gasteiger partial charge >= 0.3 is 0 Å². The minimum Gasteiger partial charge on any atom is -0.327 e. The SMILES string of the molecule is Cc1ccsc1C(C)N1CCCC(N)C1. The summed E-state index contributed by atoms with van der Waals surface area (Å²) < 4.78 is 0. The van der Waals surface area contributed by atoms with Crippen LogP contribution in [-0.2, 0) is 0 Å². The summed E-state index contributed by atoms with van der Waals surface area (Å²) >= 11 is 1.87. The molecule has 0 radical (unpaired) electrons. The molecule has 1 aromatic rings. The molecule has 0 bridgehead atoms. The molecule has 15 heavy (non-hydrogen) atoms. The van der Waals surface area contributed by atoms with Gasteiger partial charge in [0.1, 0.15) is 0 Å². The molecule has 1 aliphatic rings. The highest BCUT2D eigenvalue weighted by atomic mass is 32.1. The summed E-state index contributed by atoms with van der Waals surface area (Å²) in [6.07, 6.45) is 2.43. The Morgan fingerprint density at radius 1 is 1.60 bits per heavy atom. The molecule has 1 saturated heterocycles. The third kappa shape index (κ3) is 2.41. The van der Waals surface area contributed by atoms with Crippen LogP contribution in [0.3, 0.4) is 0 Å². The van der Waals surface area contributed by atoms with Crippen molar-refractivity contribution in [3.8, 4) is 0 Å². The van der Waals surface area contributed by atoms with Crippen molar-refractivity contribution < 1.29 is 0 Å². The molecule has 0 saturated carbocycles. The first-order valence-electron chi connectivity index (χ1n) is 5.72. The Morgan fingerprint density at radius 2 is 2.40 bits per heavy atom. The number of nitrogens with zero attached hydrogens (tertiary/aromatic N) is 1. The van der Waals surface area contributed by atoms with E-state index in [4.69, 9.17) is 5.73 Å². The fourth-order valence-electron chi connectivity index (χ4n) is 2.37. The summed E-state index contributed by atoms with van der Waals surface area (Å²) in [6, 6.07) is 3.12. The Hall–Kier alpha value is -0.380. The fourth-order valence-corrected chi connectivity index (χ4v) is 3.39. The van der Waals surface area contributed by atoms with E-state index in [9.17, 15) is 0 Å². The molecule has 2 heterocycles. The average Bonchev–Trinajstić information content (AvgIpc) is 2.63. The molecule has 0 spiro atoms. The number of rotatable bonds is 2. The van der Waals surface area contributed by atoms with Gasteiger partial charge in [-0.15, -0.1) is 11.3 Å². The fraction of sp³-hybridized carbons (Fsp3) is 0.667. The monoisotopic (exact) mass is 224 g/mol. The number of hydrogen-bond donors (Lipinski definition) is 1. The topological polar surface area (TPSA) is 29.3 Å². The predicted octanol–water partition coefficient (Wildman–Crippen LogP) is 2.54. The Kier molecular flexibility index (Phi) is 3.44. The molecule has 84 valence electrons. The van der Waals surface area contributed by atoms with Crippen molar-refractivity contribution in [3.63, 3.8) is 0 Å². The van der Waals surface area contributed by atoms with Crippen LogP contribution in [0.15, 0.2) is 11.4 Å². The van der Waals surface area contributed by atoms with Gasteiger partial charge in [-0.25, -0.2) is 0 Å². The summed E-state index contributed by atoms with van der Waals surface area (Å²) in [6.45, 7) is 6.76. The number of thiophene rings is 1. The molecule has 2 rings (SSSR count). The molecule has 1 fully saturated rings. The Balaban J connectivity index is 2.07. The molecule has 0 aliphatic carbocycles. The van der Waals surface area contributed by atoms with Gasteiger partial charge in [-0.1, -0.05) is 0 Å². The minimum atomic E-state index is 0.376. The third-order valence-corrected chi connectivity index (χ3v) is 4.51. The van der Waals surface area contributed by atoms with Crippen LogP contribution in [0.5, 0.6) is 0 Å². The van der Waals surface area contributed by atoms with Crippen LogP contribution in [0.2, 0.25) is 0 Å². The normalized spacial score (nSPS) is 25.4. The lowest BCUT2D eigenvalue weighted by molar-refractivity contribution is 0.161. The lowest BCUT2D eigenvalue weighted by Crippen LogP contribution is -2.43. The maximum absolute atomic E-state index is 6.02. The van der Waals surface area contributed by atoms with Gasteiger partial charge in [0.05, 0.1) is 0 Å². The molecule has 0 amide bonds. The lowest BCUT2D eigenvalue weighted by atomic mass is 10.0.